The number of benzene rings is 16. The summed E-state index contributed by atoms with van der Waals surface area (Å²) in [7, 11) is 0. The highest BCUT2D eigenvalue weighted by molar-refractivity contribution is 8.01. The van der Waals surface area contributed by atoms with E-state index in [2.05, 4.69) is 431 Å². The maximum atomic E-state index is 14.8. The first-order valence-corrected chi connectivity index (χ1v) is 54.6. The lowest BCUT2D eigenvalue weighted by atomic mass is 9.93. The molecule has 0 N–H and O–H groups in total. The zero-order valence-electron chi connectivity index (χ0n) is 74.3. The van der Waals surface area contributed by atoms with E-state index in [0.29, 0.717) is 5.57 Å². The van der Waals surface area contributed by atoms with Gasteiger partial charge in [-0.3, -0.25) is 0 Å². The van der Waals surface area contributed by atoms with E-state index < -0.39 is 11.9 Å². The first-order chi connectivity index (χ1) is 64.7. The summed E-state index contributed by atoms with van der Waals surface area (Å²) in [5.41, 5.74) is 26.0. The average molecular weight is 1910 g/mol. The largest absolute Gasteiger partial charge is 0.462 e. The normalized spacial score (nSPS) is 12.1. The number of carbonyl (C=O) groups excluding carboxylic acids is 2. The van der Waals surface area contributed by atoms with Crippen molar-refractivity contribution >= 4 is 238 Å². The number of thioether (sulfide) groups is 8. The van der Waals surface area contributed by atoms with Crippen LogP contribution in [0.15, 0.2) is 416 Å². The lowest BCUT2D eigenvalue weighted by Gasteiger charge is -2.35. The maximum absolute atomic E-state index is 14.8. The smallest absolute Gasteiger partial charge is 0.346 e. The summed E-state index contributed by atoms with van der Waals surface area (Å²) in [5, 5.41) is 0. The molecular formula is C112H92N6O4S10. The minimum Gasteiger partial charge on any atom is -0.462 e. The SMILES string of the molecule is CCOC(=O)C(C(=O)OCC)=C1c2cc(-c3ccc(N4c5ccc(N(c6ccc(SC)cc6)c6ccc(SC)cc6)cc5Sc5cc(N(c6ccc(SC)cc6)c6ccc(SC)cc6)ccc54)cc3)ccc2-c2ccc(-c3ccc(N4c5ccc(N(c6ccc(SC)cc6)c6ccc(SC)cc6)cc5Sc5cc(N(c6ccc(SC)cc6)c6ccc(SC)cc6)ccc54)cc3)cc21. The van der Waals surface area contributed by atoms with Gasteiger partial charge in [-0.25, -0.2) is 9.59 Å². The van der Waals surface area contributed by atoms with Gasteiger partial charge >= 0.3 is 11.9 Å². The van der Waals surface area contributed by atoms with E-state index in [0.717, 1.165) is 166 Å². The first-order valence-electron chi connectivity index (χ1n) is 43.2. The second-order valence-corrected chi connectivity index (χ2v) is 40.4. The molecule has 1 aliphatic carbocycles. The lowest BCUT2D eigenvalue weighted by molar-refractivity contribution is -0.146. The Morgan fingerprint density at radius 1 is 0.242 bits per heavy atom. The molecule has 3 aliphatic rings. The number of ether oxygens (including phenoxy) is 2. The van der Waals surface area contributed by atoms with E-state index in [1.165, 1.54) is 39.2 Å². The predicted octanol–water partition coefficient (Wildman–Crippen LogP) is 34.5. The van der Waals surface area contributed by atoms with Crippen LogP contribution >= 0.6 is 118 Å². The molecule has 132 heavy (non-hydrogen) atoms. The molecule has 2 heterocycles. The highest BCUT2D eigenvalue weighted by Gasteiger charge is 2.37. The number of carbonyl (C=O) groups is 2. The molecule has 0 fully saturated rings. The van der Waals surface area contributed by atoms with Gasteiger partial charge in [0.05, 0.1) is 36.0 Å². The van der Waals surface area contributed by atoms with Crippen molar-refractivity contribution in [2.24, 2.45) is 0 Å². The molecule has 16 aromatic rings. The topological polar surface area (TPSA) is 72.0 Å². The fraction of sp³-hybridized carbons (Fsp3) is 0.107. The van der Waals surface area contributed by atoms with E-state index in [1.54, 1.807) is 131 Å². The molecule has 654 valence electrons. The van der Waals surface area contributed by atoms with Gasteiger partial charge in [0.25, 0.3) is 0 Å². The summed E-state index contributed by atoms with van der Waals surface area (Å²) in [6.07, 6.45) is 16.9. The van der Waals surface area contributed by atoms with Crippen LogP contribution in [0.5, 0.6) is 0 Å². The molecule has 2 aliphatic heterocycles. The van der Waals surface area contributed by atoms with Gasteiger partial charge in [-0.15, -0.1) is 94.1 Å². The molecule has 10 nitrogen and oxygen atoms in total. The molecule has 0 saturated heterocycles. The van der Waals surface area contributed by atoms with Crippen LogP contribution in [-0.4, -0.2) is 75.2 Å². The second-order valence-electron chi connectivity index (χ2n) is 31.2. The number of hydrogen-bond acceptors (Lipinski definition) is 20. The van der Waals surface area contributed by atoms with Crippen LogP contribution in [0.3, 0.4) is 0 Å². The Bertz CT molecular complexity index is 6090. The first kappa shape index (κ1) is 89.7. The van der Waals surface area contributed by atoms with E-state index in [-0.39, 0.29) is 18.8 Å². The standard InChI is InChI=1S/C112H92N6O4S10/c1-11-121-111(119)110(112(120)122-12-2)109-99-65-73(71-13-19-83(20-14-71)117-101-61-39-85(113(75-23-43-89(123-3)44-24-75)76-25-45-90(124-4)46-26-76)67-105(101)131-106-68-86(40-62-102(106)117)114(77-27-47-91(125-5)48-28-77)78-29-49-92(126-6)50-30-78)17-59-97(99)98-60-18-74(66-100(98)109)72-15-21-84(22-16-72)118-103-63-41-87(115(79-31-51-93(127-7)52-32-79)80-33-53-94(128-8)54-34-80)69-107(103)132-108-70-88(42-64-104(108)118)116(81-35-55-95(129-9)56-36-81)82-37-57-96(130-10)58-38-82/h13-70H,11-12H2,1-10H3. The summed E-state index contributed by atoms with van der Waals surface area (Å²) in [4.78, 5) is 57.8. The van der Waals surface area contributed by atoms with Crippen LogP contribution < -0.4 is 29.4 Å². The van der Waals surface area contributed by atoms with Crippen LogP contribution in [0.4, 0.5) is 102 Å². The Hall–Kier alpha value is -11.5. The lowest BCUT2D eigenvalue weighted by Crippen LogP contribution is -2.20. The third-order valence-corrected chi connectivity index (χ3v) is 32.0. The van der Waals surface area contributed by atoms with Gasteiger partial charge in [0.15, 0.2) is 5.57 Å². The zero-order chi connectivity index (χ0) is 90.6. The van der Waals surface area contributed by atoms with Crippen molar-refractivity contribution in [1.82, 2.24) is 0 Å². The van der Waals surface area contributed by atoms with Crippen LogP contribution in [0.2, 0.25) is 0 Å². The minimum atomic E-state index is -0.748. The number of fused-ring (bicyclic) bond motifs is 7. The fourth-order valence-corrected chi connectivity index (χ4v) is 22.9. The van der Waals surface area contributed by atoms with Crippen molar-refractivity contribution in [3.05, 3.63) is 369 Å². The van der Waals surface area contributed by atoms with Gasteiger partial charge in [0.2, 0.25) is 0 Å². The molecule has 0 bridgehead atoms. The molecule has 16 aromatic carbocycles. The molecule has 19 rings (SSSR count). The van der Waals surface area contributed by atoms with Crippen LogP contribution in [0.1, 0.15) is 25.0 Å². The van der Waals surface area contributed by atoms with Gasteiger partial charge in [-0.1, -0.05) is 72.1 Å². The third-order valence-electron chi connectivity index (χ3n) is 23.8. The average Bonchev–Trinajstić information content (AvgIpc) is 1.42. The Labute approximate surface area is 816 Å². The van der Waals surface area contributed by atoms with Gasteiger partial charge in [0, 0.05) is 144 Å². The van der Waals surface area contributed by atoms with Gasteiger partial charge in [-0.2, -0.15) is 0 Å². The Morgan fingerprint density at radius 2 is 0.447 bits per heavy atom. The van der Waals surface area contributed by atoms with Crippen molar-refractivity contribution in [3.8, 4) is 33.4 Å². The molecule has 0 aromatic heterocycles. The summed E-state index contributed by atoms with van der Waals surface area (Å²) < 4.78 is 11.7. The van der Waals surface area contributed by atoms with E-state index in [9.17, 15) is 9.59 Å². The van der Waals surface area contributed by atoms with Crippen molar-refractivity contribution in [2.75, 3.05) is 92.7 Å². The van der Waals surface area contributed by atoms with Crippen molar-refractivity contribution in [3.63, 3.8) is 0 Å². The highest BCUT2D eigenvalue weighted by atomic mass is 32.2. The quantitative estimate of drug-likeness (QED) is 0.0153. The highest BCUT2D eigenvalue weighted by Crippen LogP contribution is 2.59. The molecule has 20 heteroatoms. The predicted molar refractivity (Wildman–Crippen MR) is 573 cm³/mol. The number of hydrogen-bond donors (Lipinski definition) is 0. The van der Waals surface area contributed by atoms with Crippen LogP contribution in [0, 0.1) is 0 Å². The Kier molecular flexibility index (Phi) is 27.3. The number of nitrogens with zero attached hydrogens (tertiary/aromatic N) is 6. The van der Waals surface area contributed by atoms with E-state index >= 15 is 0 Å². The molecule has 0 radical (unpaired) electrons. The fourth-order valence-electron chi connectivity index (χ4n) is 17.4. The summed E-state index contributed by atoms with van der Waals surface area (Å²) in [6, 6.07) is 128. The van der Waals surface area contributed by atoms with Crippen LogP contribution in [0.25, 0.3) is 39.0 Å². The van der Waals surface area contributed by atoms with E-state index in [4.69, 9.17) is 9.47 Å². The molecule has 0 saturated carbocycles. The van der Waals surface area contributed by atoms with Gasteiger partial charge in [0.1, 0.15) is 0 Å². The molecule has 0 unspecified atom stereocenters. The molecular weight excluding hydrogens is 1810 g/mol. The van der Waals surface area contributed by atoms with Crippen molar-refractivity contribution < 1.29 is 19.1 Å². The van der Waals surface area contributed by atoms with Gasteiger partial charge < -0.3 is 38.9 Å². The van der Waals surface area contributed by atoms with Crippen LogP contribution in [-0.2, 0) is 19.1 Å². The molecule has 0 atom stereocenters. The zero-order valence-corrected chi connectivity index (χ0v) is 82.5. The monoisotopic (exact) mass is 1900 g/mol. The number of esters is 2. The Morgan fingerprint density at radius 3 is 0.652 bits per heavy atom. The molecule has 0 amide bonds. The second kappa shape index (κ2) is 40.1. The minimum absolute atomic E-state index is 0.0558. The number of rotatable bonds is 28. The summed E-state index contributed by atoms with van der Waals surface area (Å²) in [5.74, 6) is -1.50. The van der Waals surface area contributed by atoms with Gasteiger partial charge in [-0.05, 0) is 412 Å². The Balaban J connectivity index is 0.694. The van der Waals surface area contributed by atoms with Crippen molar-refractivity contribution in [2.45, 2.75) is 72.6 Å². The number of anilines is 18. The third kappa shape index (κ3) is 18.1. The summed E-state index contributed by atoms with van der Waals surface area (Å²) >= 11 is 17.5. The van der Waals surface area contributed by atoms with E-state index in [1.807, 2.05) is 0 Å². The van der Waals surface area contributed by atoms with Crippen molar-refractivity contribution in [1.29, 1.82) is 0 Å². The summed E-state index contributed by atoms with van der Waals surface area (Å²) in [6.45, 7) is 3.63. The molecule has 0 spiro atoms. The maximum Gasteiger partial charge on any atom is 0.346 e.